The Labute approximate surface area is 188 Å². The zero-order chi connectivity index (χ0) is 24.3. The second-order valence-electron chi connectivity index (χ2n) is 7.40. The number of fused-ring (bicyclic) bond motifs is 1. The van der Waals surface area contributed by atoms with Crippen molar-refractivity contribution in [2.24, 2.45) is 7.05 Å². The molecule has 1 N–H and O–H groups in total. The van der Waals surface area contributed by atoms with Gasteiger partial charge in [0.1, 0.15) is 0 Å². The summed E-state index contributed by atoms with van der Waals surface area (Å²) in [6.45, 7) is 3.22. The van der Waals surface area contributed by atoms with Gasteiger partial charge >= 0.3 is 6.18 Å². The molecule has 0 fully saturated rings. The van der Waals surface area contributed by atoms with Crippen LogP contribution in [0.15, 0.2) is 24.3 Å². The molecule has 0 saturated heterocycles. The van der Waals surface area contributed by atoms with E-state index in [1.165, 1.54) is 32.7 Å². The van der Waals surface area contributed by atoms with E-state index >= 15 is 0 Å². The maximum absolute atomic E-state index is 13.6. The summed E-state index contributed by atoms with van der Waals surface area (Å²) in [5.74, 6) is 0.386. The maximum Gasteiger partial charge on any atom is 0.417 e. The van der Waals surface area contributed by atoms with E-state index in [4.69, 9.17) is 14.2 Å². The van der Waals surface area contributed by atoms with E-state index in [2.05, 4.69) is 15.4 Å². The highest BCUT2D eigenvalue weighted by molar-refractivity contribution is 5.84. The third-order valence-electron chi connectivity index (χ3n) is 5.08. The first kappa shape index (κ1) is 24.1. The van der Waals surface area contributed by atoms with Gasteiger partial charge in [0.25, 0.3) is 5.91 Å². The number of nitrogens with zero attached hydrogens (tertiary/aromatic N) is 3. The molecule has 0 spiro atoms. The quantitative estimate of drug-likeness (QED) is 0.547. The van der Waals surface area contributed by atoms with Crippen LogP contribution in [0.2, 0.25) is 0 Å². The predicted molar refractivity (Wildman–Crippen MR) is 115 cm³/mol. The van der Waals surface area contributed by atoms with Crippen LogP contribution in [0.1, 0.15) is 23.7 Å². The largest absolute Gasteiger partial charge is 0.493 e. The van der Waals surface area contributed by atoms with Crippen LogP contribution in [-0.4, -0.2) is 47.5 Å². The van der Waals surface area contributed by atoms with Crippen molar-refractivity contribution in [3.05, 3.63) is 41.1 Å². The number of hydrogen-bond donors (Lipinski definition) is 1. The van der Waals surface area contributed by atoms with Gasteiger partial charge in [-0.25, -0.2) is 0 Å². The highest BCUT2D eigenvalue weighted by Gasteiger charge is 2.36. The molecule has 0 aliphatic carbocycles. The lowest BCUT2D eigenvalue weighted by Gasteiger charge is -2.16. The fourth-order valence-corrected chi connectivity index (χ4v) is 3.45. The number of aryl methyl sites for hydroxylation is 2. The Hall–Kier alpha value is -3.50. The predicted octanol–water partition coefficient (Wildman–Crippen LogP) is 3.44. The fraction of sp³-hybridized carbons (Fsp3) is 0.409. The molecule has 8 nitrogen and oxygen atoms in total. The number of alkyl halides is 3. The molecule has 0 radical (unpaired) electrons. The van der Waals surface area contributed by atoms with Gasteiger partial charge in [-0.2, -0.15) is 23.3 Å². The highest BCUT2D eigenvalue weighted by atomic mass is 19.4. The van der Waals surface area contributed by atoms with Gasteiger partial charge in [0.05, 0.1) is 30.9 Å². The highest BCUT2D eigenvalue weighted by Crippen LogP contribution is 2.37. The summed E-state index contributed by atoms with van der Waals surface area (Å²) in [4.78, 5) is 16.6. The third-order valence-corrected chi connectivity index (χ3v) is 5.08. The second-order valence-corrected chi connectivity index (χ2v) is 7.40. The van der Waals surface area contributed by atoms with Gasteiger partial charge in [-0.1, -0.05) is 6.07 Å². The van der Waals surface area contributed by atoms with Crippen molar-refractivity contribution in [1.29, 1.82) is 0 Å². The summed E-state index contributed by atoms with van der Waals surface area (Å²) in [7, 11) is 4.57. The van der Waals surface area contributed by atoms with Crippen LogP contribution < -0.4 is 19.5 Å². The number of hydrogen-bond acceptors (Lipinski definition) is 6. The number of halogens is 3. The Kier molecular flexibility index (Phi) is 6.99. The van der Waals surface area contributed by atoms with E-state index in [1.807, 2.05) is 6.07 Å². The van der Waals surface area contributed by atoms with Gasteiger partial charge in [0.2, 0.25) is 5.88 Å². The summed E-state index contributed by atoms with van der Waals surface area (Å²) in [5.41, 5.74) is 0.238. The minimum Gasteiger partial charge on any atom is -0.493 e. The SMILES string of the molecule is COc1ccc(CCNC(=O)[C@@H](C)Oc2cc(C(F)(F)F)c3c(C)nn(C)c3n2)cc1OC. The molecule has 3 aromatic rings. The first-order valence-corrected chi connectivity index (χ1v) is 10.1. The van der Waals surface area contributed by atoms with Crippen molar-refractivity contribution in [3.63, 3.8) is 0 Å². The van der Waals surface area contributed by atoms with E-state index < -0.39 is 23.8 Å². The van der Waals surface area contributed by atoms with E-state index in [0.29, 0.717) is 24.5 Å². The van der Waals surface area contributed by atoms with Crippen LogP contribution in [0, 0.1) is 6.92 Å². The summed E-state index contributed by atoms with van der Waals surface area (Å²) in [6, 6.07) is 6.21. The van der Waals surface area contributed by atoms with Crippen LogP contribution >= 0.6 is 0 Å². The monoisotopic (exact) mass is 466 g/mol. The van der Waals surface area contributed by atoms with Crippen LogP contribution in [0.5, 0.6) is 17.4 Å². The lowest BCUT2D eigenvalue weighted by molar-refractivity contribution is -0.136. The van der Waals surface area contributed by atoms with Gasteiger partial charge in [-0.3, -0.25) is 9.48 Å². The smallest absolute Gasteiger partial charge is 0.417 e. The molecule has 2 aromatic heterocycles. The lowest BCUT2D eigenvalue weighted by atomic mass is 10.1. The van der Waals surface area contributed by atoms with E-state index in [1.54, 1.807) is 19.2 Å². The van der Waals surface area contributed by atoms with E-state index in [-0.39, 0.29) is 22.6 Å². The van der Waals surface area contributed by atoms with Crippen molar-refractivity contribution < 1.29 is 32.2 Å². The Balaban J connectivity index is 1.68. The summed E-state index contributed by atoms with van der Waals surface area (Å²) >= 11 is 0. The van der Waals surface area contributed by atoms with Crippen LogP contribution in [0.4, 0.5) is 13.2 Å². The average molecular weight is 466 g/mol. The molecule has 33 heavy (non-hydrogen) atoms. The first-order valence-electron chi connectivity index (χ1n) is 10.1. The molecule has 0 aliphatic rings. The van der Waals surface area contributed by atoms with Crippen molar-refractivity contribution in [1.82, 2.24) is 20.1 Å². The Morgan fingerprint density at radius 3 is 2.52 bits per heavy atom. The zero-order valence-electron chi connectivity index (χ0n) is 18.9. The van der Waals surface area contributed by atoms with Gasteiger partial charge < -0.3 is 19.5 Å². The number of ether oxygens (including phenoxy) is 3. The summed E-state index contributed by atoms with van der Waals surface area (Å²) < 4.78 is 57.9. The number of amides is 1. The van der Waals surface area contributed by atoms with Crippen LogP contribution in [-0.2, 0) is 24.4 Å². The molecular weight excluding hydrogens is 441 g/mol. The van der Waals surface area contributed by atoms with Crippen LogP contribution in [0.3, 0.4) is 0 Å². The topological polar surface area (TPSA) is 87.5 Å². The Morgan fingerprint density at radius 1 is 1.18 bits per heavy atom. The van der Waals surface area contributed by atoms with Gasteiger partial charge in [-0.05, 0) is 38.0 Å². The average Bonchev–Trinajstić information content (AvgIpc) is 3.05. The zero-order valence-corrected chi connectivity index (χ0v) is 18.9. The van der Waals surface area contributed by atoms with Gasteiger partial charge in [-0.15, -0.1) is 0 Å². The number of pyridine rings is 1. The summed E-state index contributed by atoms with van der Waals surface area (Å²) in [5, 5.41) is 6.63. The molecule has 178 valence electrons. The normalized spacial score (nSPS) is 12.5. The molecule has 0 saturated carbocycles. The van der Waals surface area contributed by atoms with Crippen LogP contribution in [0.25, 0.3) is 11.0 Å². The van der Waals surface area contributed by atoms with E-state index in [0.717, 1.165) is 11.6 Å². The molecular formula is C22H25F3N4O4. The molecule has 0 aliphatic heterocycles. The molecule has 1 aromatic carbocycles. The molecule has 0 bridgehead atoms. The number of carbonyl (C=O) groups excluding carboxylic acids is 1. The Morgan fingerprint density at radius 2 is 1.88 bits per heavy atom. The molecule has 3 rings (SSSR count). The van der Waals surface area contributed by atoms with Gasteiger partial charge in [0, 0.05) is 19.7 Å². The van der Waals surface area contributed by atoms with E-state index in [9.17, 15) is 18.0 Å². The molecule has 1 amide bonds. The number of nitrogens with one attached hydrogen (secondary N) is 1. The third kappa shape index (κ3) is 5.29. The number of benzene rings is 1. The van der Waals surface area contributed by atoms with Crippen molar-refractivity contribution in [2.75, 3.05) is 20.8 Å². The lowest BCUT2D eigenvalue weighted by Crippen LogP contribution is -2.37. The van der Waals surface area contributed by atoms with Crippen molar-refractivity contribution >= 4 is 16.9 Å². The molecule has 1 atom stereocenters. The molecule has 11 heteroatoms. The number of carbonyl (C=O) groups is 1. The second kappa shape index (κ2) is 9.55. The molecule has 0 unspecified atom stereocenters. The first-order chi connectivity index (χ1) is 15.5. The number of aromatic nitrogens is 3. The number of methoxy groups -OCH3 is 2. The van der Waals surface area contributed by atoms with Gasteiger partial charge in [0.15, 0.2) is 23.3 Å². The summed E-state index contributed by atoms with van der Waals surface area (Å²) in [6.07, 6.45) is -5.18. The van der Waals surface area contributed by atoms with Crippen molar-refractivity contribution in [3.8, 4) is 17.4 Å². The minimum absolute atomic E-state index is 0.0263. The maximum atomic E-state index is 13.6. The fourth-order valence-electron chi connectivity index (χ4n) is 3.45. The molecule has 2 heterocycles. The van der Waals surface area contributed by atoms with Crippen molar-refractivity contribution in [2.45, 2.75) is 32.5 Å². The Bertz CT molecular complexity index is 1160. The number of rotatable bonds is 8. The minimum atomic E-state index is -4.63. The standard InChI is InChI=1S/C22H25F3N4O4/c1-12-19-15(22(23,24)25)11-18(27-20(19)29(3)28-12)33-13(2)21(30)26-9-8-14-6-7-16(31-4)17(10-14)32-5/h6-7,10-11,13H,8-9H2,1-5H3,(H,26,30)/t13-/m1/s1.